The van der Waals surface area contributed by atoms with Crippen LogP contribution in [-0.2, 0) is 11.8 Å². The molecule has 32 heavy (non-hydrogen) atoms. The molecule has 3 heterocycles. The quantitative estimate of drug-likeness (QED) is 0.494. The molecule has 0 bridgehead atoms. The number of hydrogen-bond donors (Lipinski definition) is 0. The van der Waals surface area contributed by atoms with Crippen molar-refractivity contribution in [2.75, 3.05) is 24.6 Å². The summed E-state index contributed by atoms with van der Waals surface area (Å²) < 4.78 is 7.73. The average Bonchev–Trinajstić information content (AvgIpc) is 2.87. The summed E-state index contributed by atoms with van der Waals surface area (Å²) in [6, 6.07) is 24.1. The molecule has 0 aliphatic carbocycles. The lowest BCUT2D eigenvalue weighted by molar-refractivity contribution is 0.0390. The summed E-state index contributed by atoms with van der Waals surface area (Å²) in [6.07, 6.45) is 3.31. The fourth-order valence-corrected chi connectivity index (χ4v) is 4.06. The number of anilines is 1. The molecule has 1 fully saturated rings. The molecule has 1 atom stereocenters. The van der Waals surface area contributed by atoms with Gasteiger partial charge in [0.25, 0.3) is 5.56 Å². The Morgan fingerprint density at radius 2 is 1.69 bits per heavy atom. The number of nitrogens with zero attached hydrogens (tertiary/aromatic N) is 4. The summed E-state index contributed by atoms with van der Waals surface area (Å²) in [5, 5.41) is 0. The number of hydrogen-bond acceptors (Lipinski definition) is 5. The van der Waals surface area contributed by atoms with Crippen LogP contribution in [-0.4, -0.2) is 34.2 Å². The number of ether oxygens (including phenoxy) is 1. The van der Waals surface area contributed by atoms with Gasteiger partial charge in [-0.2, -0.15) is 0 Å². The Labute approximate surface area is 186 Å². The van der Waals surface area contributed by atoms with E-state index in [0.29, 0.717) is 31.3 Å². The summed E-state index contributed by atoms with van der Waals surface area (Å²) in [4.78, 5) is 23.7. The van der Waals surface area contributed by atoms with Crippen molar-refractivity contribution in [1.82, 2.24) is 14.5 Å². The van der Waals surface area contributed by atoms with Crippen molar-refractivity contribution >= 4 is 5.95 Å². The highest BCUT2D eigenvalue weighted by molar-refractivity contribution is 5.64. The van der Waals surface area contributed by atoms with Crippen molar-refractivity contribution in [2.45, 2.75) is 6.10 Å². The molecule has 2 aromatic heterocycles. The maximum absolute atomic E-state index is 12.7. The molecule has 1 aliphatic rings. The Morgan fingerprint density at radius 3 is 2.50 bits per heavy atom. The second kappa shape index (κ2) is 8.77. The summed E-state index contributed by atoms with van der Waals surface area (Å²) in [5.41, 5.74) is 4.89. The molecule has 0 saturated carbocycles. The molecule has 2 aromatic carbocycles. The van der Waals surface area contributed by atoms with Gasteiger partial charge in [-0.05, 0) is 34.9 Å². The molecule has 1 aliphatic heterocycles. The highest BCUT2D eigenvalue weighted by atomic mass is 16.5. The topological polar surface area (TPSA) is 60.2 Å². The first-order valence-corrected chi connectivity index (χ1v) is 10.7. The Hall–Kier alpha value is -3.77. The van der Waals surface area contributed by atoms with Gasteiger partial charge in [-0.15, -0.1) is 0 Å². The maximum Gasteiger partial charge on any atom is 0.255 e. The molecule has 0 radical (unpaired) electrons. The summed E-state index contributed by atoms with van der Waals surface area (Å²) in [7, 11) is 1.77. The number of pyridine rings is 1. The lowest BCUT2D eigenvalue weighted by atomic mass is 10.00. The van der Waals surface area contributed by atoms with Gasteiger partial charge in [-0.1, -0.05) is 48.5 Å². The molecule has 4 aromatic rings. The van der Waals surface area contributed by atoms with Gasteiger partial charge in [-0.25, -0.2) is 4.98 Å². The molecule has 0 N–H and O–H groups in total. The fraction of sp³-hybridized carbons (Fsp3) is 0.192. The molecule has 6 nitrogen and oxygen atoms in total. The van der Waals surface area contributed by atoms with Gasteiger partial charge in [-0.3, -0.25) is 14.3 Å². The van der Waals surface area contributed by atoms with Crippen LogP contribution in [0.2, 0.25) is 0 Å². The van der Waals surface area contributed by atoms with Crippen molar-refractivity contribution in [3.05, 3.63) is 101 Å². The van der Waals surface area contributed by atoms with Crippen LogP contribution < -0.4 is 10.5 Å². The van der Waals surface area contributed by atoms with Crippen molar-refractivity contribution in [3.63, 3.8) is 0 Å². The molecule has 6 heteroatoms. The number of aromatic nitrogens is 3. The van der Waals surface area contributed by atoms with Crippen LogP contribution >= 0.6 is 0 Å². The van der Waals surface area contributed by atoms with E-state index in [-0.39, 0.29) is 11.7 Å². The fourth-order valence-electron chi connectivity index (χ4n) is 4.06. The van der Waals surface area contributed by atoms with E-state index in [4.69, 9.17) is 9.72 Å². The van der Waals surface area contributed by atoms with E-state index in [1.54, 1.807) is 30.1 Å². The summed E-state index contributed by atoms with van der Waals surface area (Å²) in [5.74, 6) is 0.650. The Bertz CT molecular complexity index is 1270. The molecule has 160 valence electrons. The summed E-state index contributed by atoms with van der Waals surface area (Å²) in [6.45, 7) is 1.86. The van der Waals surface area contributed by atoms with Crippen molar-refractivity contribution in [3.8, 4) is 22.4 Å². The van der Waals surface area contributed by atoms with E-state index in [1.165, 1.54) is 5.56 Å². The first kappa shape index (κ1) is 20.2. The predicted molar refractivity (Wildman–Crippen MR) is 125 cm³/mol. The zero-order valence-electron chi connectivity index (χ0n) is 17.9. The molecule has 1 unspecified atom stereocenters. The Balaban J connectivity index is 1.45. The molecule has 5 rings (SSSR count). The highest BCUT2D eigenvalue weighted by Gasteiger charge is 2.25. The van der Waals surface area contributed by atoms with Gasteiger partial charge in [0.05, 0.1) is 18.8 Å². The average molecular weight is 425 g/mol. The minimum atomic E-state index is -0.103. The summed E-state index contributed by atoms with van der Waals surface area (Å²) >= 11 is 0. The number of benzene rings is 2. The lowest BCUT2D eigenvalue weighted by Gasteiger charge is -2.34. The largest absolute Gasteiger partial charge is 0.370 e. The Kier molecular flexibility index (Phi) is 5.52. The van der Waals surface area contributed by atoms with Gasteiger partial charge in [0.2, 0.25) is 5.95 Å². The second-order valence-electron chi connectivity index (χ2n) is 7.87. The third kappa shape index (κ3) is 4.05. The molecular weight excluding hydrogens is 400 g/mol. The first-order valence-electron chi connectivity index (χ1n) is 10.7. The Morgan fingerprint density at radius 1 is 0.906 bits per heavy atom. The molecular formula is C26H24N4O2. The van der Waals surface area contributed by atoms with Gasteiger partial charge >= 0.3 is 0 Å². The maximum atomic E-state index is 12.7. The van der Waals surface area contributed by atoms with E-state index in [9.17, 15) is 4.79 Å². The number of rotatable bonds is 4. The van der Waals surface area contributed by atoms with Crippen LogP contribution in [0.1, 0.15) is 11.7 Å². The van der Waals surface area contributed by atoms with Crippen LogP contribution in [0, 0.1) is 0 Å². The van der Waals surface area contributed by atoms with Crippen LogP contribution in [0.25, 0.3) is 22.4 Å². The van der Waals surface area contributed by atoms with Crippen LogP contribution in [0.15, 0.2) is 90.0 Å². The lowest BCUT2D eigenvalue weighted by Crippen LogP contribution is -2.41. The third-order valence-corrected chi connectivity index (χ3v) is 5.80. The minimum absolute atomic E-state index is 0.0871. The third-order valence-electron chi connectivity index (χ3n) is 5.80. The monoisotopic (exact) mass is 424 g/mol. The highest BCUT2D eigenvalue weighted by Crippen LogP contribution is 2.29. The smallest absolute Gasteiger partial charge is 0.255 e. The van der Waals surface area contributed by atoms with Crippen molar-refractivity contribution < 1.29 is 4.74 Å². The zero-order chi connectivity index (χ0) is 21.9. The van der Waals surface area contributed by atoms with Crippen LogP contribution in [0.3, 0.4) is 0 Å². The van der Waals surface area contributed by atoms with Crippen LogP contribution in [0.5, 0.6) is 0 Å². The van der Waals surface area contributed by atoms with Gasteiger partial charge in [0, 0.05) is 37.6 Å². The van der Waals surface area contributed by atoms with E-state index in [2.05, 4.69) is 46.3 Å². The molecule has 0 amide bonds. The van der Waals surface area contributed by atoms with E-state index in [1.807, 2.05) is 30.3 Å². The SMILES string of the molecule is Cn1c(N2CCOC(c3cccc(-c4ccccc4)c3)C2)nc(-c2ccncc2)cc1=O. The number of morpholine rings is 1. The second-order valence-corrected chi connectivity index (χ2v) is 7.87. The van der Waals surface area contributed by atoms with E-state index in [0.717, 1.165) is 16.7 Å². The van der Waals surface area contributed by atoms with Gasteiger partial charge < -0.3 is 9.64 Å². The van der Waals surface area contributed by atoms with Crippen molar-refractivity contribution in [2.24, 2.45) is 7.05 Å². The van der Waals surface area contributed by atoms with Crippen LogP contribution in [0.4, 0.5) is 5.95 Å². The standard InChI is InChI=1S/C26H24N4O2/c1-29-25(31)17-23(20-10-12-27-13-11-20)28-26(29)30-14-15-32-24(18-30)22-9-5-8-21(16-22)19-6-3-2-4-7-19/h2-13,16-17,24H,14-15,18H2,1H3. The van der Waals surface area contributed by atoms with Crippen molar-refractivity contribution in [1.29, 1.82) is 0 Å². The minimum Gasteiger partial charge on any atom is -0.370 e. The van der Waals surface area contributed by atoms with Gasteiger partial charge in [0.15, 0.2) is 0 Å². The zero-order valence-corrected chi connectivity index (χ0v) is 17.9. The molecule has 0 spiro atoms. The van der Waals surface area contributed by atoms with Gasteiger partial charge in [0.1, 0.15) is 6.10 Å². The normalized spacial score (nSPS) is 16.2. The first-order chi connectivity index (χ1) is 15.7. The van der Waals surface area contributed by atoms with E-state index < -0.39 is 0 Å². The molecule has 1 saturated heterocycles. The van der Waals surface area contributed by atoms with E-state index >= 15 is 0 Å². The predicted octanol–water partition coefficient (Wildman–Crippen LogP) is 4.09.